The van der Waals surface area contributed by atoms with Gasteiger partial charge < -0.3 is 10.0 Å². The number of hydrogen-bond acceptors (Lipinski definition) is 2. The fraction of sp³-hybridized carbons (Fsp3) is 0.235. The highest BCUT2D eigenvalue weighted by molar-refractivity contribution is 5.97. The normalized spacial score (nSPS) is 17.1. The molecule has 1 heterocycles. The van der Waals surface area contributed by atoms with Crippen LogP contribution in [-0.4, -0.2) is 17.1 Å². The average Bonchev–Trinajstić information content (AvgIpc) is 2.77. The Labute approximate surface area is 118 Å². The third kappa shape index (κ3) is 2.27. The van der Waals surface area contributed by atoms with Crippen molar-refractivity contribution in [1.29, 1.82) is 0 Å². The van der Waals surface area contributed by atoms with Gasteiger partial charge in [-0.2, -0.15) is 0 Å². The van der Waals surface area contributed by atoms with Gasteiger partial charge in [0.05, 0.1) is 6.42 Å². The number of phenols is 1. The summed E-state index contributed by atoms with van der Waals surface area (Å²) in [4.78, 5) is 14.4. The number of phenolic OH excluding ortho intramolecular Hbond substituents is 1. The van der Waals surface area contributed by atoms with Crippen molar-refractivity contribution in [3.05, 3.63) is 59.7 Å². The summed E-state index contributed by atoms with van der Waals surface area (Å²) in [7, 11) is 0. The van der Waals surface area contributed by atoms with Crippen LogP contribution in [0.5, 0.6) is 5.75 Å². The number of benzene rings is 2. The molecule has 0 fully saturated rings. The summed E-state index contributed by atoms with van der Waals surface area (Å²) in [5, 5.41) is 9.28. The molecule has 0 aromatic heterocycles. The second kappa shape index (κ2) is 5.00. The van der Waals surface area contributed by atoms with Gasteiger partial charge >= 0.3 is 0 Å². The van der Waals surface area contributed by atoms with Crippen molar-refractivity contribution in [2.45, 2.75) is 25.8 Å². The molecule has 2 aromatic rings. The van der Waals surface area contributed by atoms with Gasteiger partial charge in [-0.05, 0) is 42.7 Å². The van der Waals surface area contributed by atoms with Crippen molar-refractivity contribution < 1.29 is 9.90 Å². The van der Waals surface area contributed by atoms with Crippen LogP contribution in [0, 0.1) is 0 Å². The quantitative estimate of drug-likeness (QED) is 0.909. The van der Waals surface area contributed by atoms with Gasteiger partial charge in [-0.1, -0.05) is 30.3 Å². The van der Waals surface area contributed by atoms with E-state index >= 15 is 0 Å². The predicted octanol–water partition coefficient (Wildman–Crippen LogP) is 2.91. The summed E-state index contributed by atoms with van der Waals surface area (Å²) in [6, 6.07) is 15.1. The molecule has 3 nitrogen and oxygen atoms in total. The molecule has 1 aliphatic rings. The molecule has 1 unspecified atom stereocenters. The van der Waals surface area contributed by atoms with Crippen LogP contribution in [0.3, 0.4) is 0 Å². The molecule has 20 heavy (non-hydrogen) atoms. The Morgan fingerprint density at radius 3 is 2.65 bits per heavy atom. The molecule has 1 N–H and O–H groups in total. The molecule has 1 aliphatic heterocycles. The maximum Gasteiger partial charge on any atom is 0.231 e. The summed E-state index contributed by atoms with van der Waals surface area (Å²) >= 11 is 0. The van der Waals surface area contributed by atoms with E-state index in [1.807, 2.05) is 23.1 Å². The number of rotatable bonds is 2. The lowest BCUT2D eigenvalue weighted by molar-refractivity contribution is -0.118. The van der Waals surface area contributed by atoms with Gasteiger partial charge in [-0.15, -0.1) is 0 Å². The number of para-hydroxylation sites is 1. The third-order valence-corrected chi connectivity index (χ3v) is 3.77. The second-order valence-corrected chi connectivity index (χ2v) is 5.29. The van der Waals surface area contributed by atoms with Crippen LogP contribution in [0.15, 0.2) is 48.5 Å². The van der Waals surface area contributed by atoms with E-state index in [1.165, 1.54) is 5.56 Å². The third-order valence-electron chi connectivity index (χ3n) is 3.77. The van der Waals surface area contributed by atoms with Crippen molar-refractivity contribution in [1.82, 2.24) is 0 Å². The molecule has 0 saturated carbocycles. The molecule has 1 atom stereocenters. The van der Waals surface area contributed by atoms with Crippen molar-refractivity contribution in [3.63, 3.8) is 0 Å². The zero-order chi connectivity index (χ0) is 14.1. The maximum atomic E-state index is 12.5. The first-order valence-corrected chi connectivity index (χ1v) is 6.83. The van der Waals surface area contributed by atoms with Gasteiger partial charge in [0, 0.05) is 11.7 Å². The maximum absolute atomic E-state index is 12.5. The summed E-state index contributed by atoms with van der Waals surface area (Å²) in [6.07, 6.45) is 1.27. The fourth-order valence-electron chi connectivity index (χ4n) is 2.82. The van der Waals surface area contributed by atoms with Gasteiger partial charge in [0.2, 0.25) is 5.91 Å². The van der Waals surface area contributed by atoms with Crippen LogP contribution in [0.1, 0.15) is 18.1 Å². The van der Waals surface area contributed by atoms with Crippen LogP contribution in [-0.2, 0) is 17.6 Å². The summed E-state index contributed by atoms with van der Waals surface area (Å²) in [5.41, 5.74) is 3.19. The Morgan fingerprint density at radius 2 is 1.90 bits per heavy atom. The number of anilines is 1. The zero-order valence-electron chi connectivity index (χ0n) is 11.4. The number of carbonyl (C=O) groups is 1. The zero-order valence-corrected chi connectivity index (χ0v) is 11.4. The average molecular weight is 267 g/mol. The van der Waals surface area contributed by atoms with Crippen LogP contribution in [0.4, 0.5) is 5.69 Å². The van der Waals surface area contributed by atoms with E-state index in [4.69, 9.17) is 0 Å². The molecule has 3 heteroatoms. The van der Waals surface area contributed by atoms with Gasteiger partial charge in [0.1, 0.15) is 5.75 Å². The Kier molecular flexibility index (Phi) is 3.18. The van der Waals surface area contributed by atoms with Gasteiger partial charge in [-0.3, -0.25) is 4.79 Å². The molecule has 0 saturated heterocycles. The molecular weight excluding hydrogens is 250 g/mol. The minimum atomic E-state index is 0.105. The highest BCUT2D eigenvalue weighted by Gasteiger charge is 2.30. The molecular formula is C17H17NO2. The van der Waals surface area contributed by atoms with Gasteiger partial charge in [0.25, 0.3) is 0 Å². The van der Waals surface area contributed by atoms with Crippen LogP contribution >= 0.6 is 0 Å². The Balaban J connectivity index is 1.82. The van der Waals surface area contributed by atoms with E-state index in [-0.39, 0.29) is 17.7 Å². The fourth-order valence-corrected chi connectivity index (χ4v) is 2.82. The van der Waals surface area contributed by atoms with Crippen LogP contribution < -0.4 is 4.90 Å². The summed E-state index contributed by atoms with van der Waals surface area (Å²) in [5.74, 6) is 0.328. The first-order valence-electron chi connectivity index (χ1n) is 6.83. The van der Waals surface area contributed by atoms with Crippen molar-refractivity contribution in [2.75, 3.05) is 4.90 Å². The topological polar surface area (TPSA) is 40.5 Å². The van der Waals surface area contributed by atoms with E-state index in [0.29, 0.717) is 6.42 Å². The minimum absolute atomic E-state index is 0.105. The minimum Gasteiger partial charge on any atom is -0.508 e. The van der Waals surface area contributed by atoms with Crippen molar-refractivity contribution in [3.8, 4) is 5.75 Å². The first kappa shape index (κ1) is 12.7. The highest BCUT2D eigenvalue weighted by Crippen LogP contribution is 2.32. The van der Waals surface area contributed by atoms with Crippen LogP contribution in [0.2, 0.25) is 0 Å². The lowest BCUT2D eigenvalue weighted by atomic mass is 10.1. The predicted molar refractivity (Wildman–Crippen MR) is 78.9 cm³/mol. The lowest BCUT2D eigenvalue weighted by Gasteiger charge is -2.22. The number of hydrogen-bond donors (Lipinski definition) is 1. The Hall–Kier alpha value is -2.29. The SMILES string of the molecule is CC1Cc2ccccc2N1C(=O)Cc1ccc(O)cc1. The Bertz CT molecular complexity index is 634. The molecule has 0 aliphatic carbocycles. The lowest BCUT2D eigenvalue weighted by Crippen LogP contribution is -2.36. The Morgan fingerprint density at radius 1 is 1.20 bits per heavy atom. The standard InChI is InChI=1S/C17H17NO2/c1-12-10-14-4-2-3-5-16(14)18(12)17(20)11-13-6-8-15(19)9-7-13/h2-9,12,19H,10-11H2,1H3. The van der Waals surface area contributed by atoms with Crippen molar-refractivity contribution in [2.24, 2.45) is 0 Å². The summed E-state index contributed by atoms with van der Waals surface area (Å²) in [6.45, 7) is 2.08. The second-order valence-electron chi connectivity index (χ2n) is 5.29. The van der Waals surface area contributed by atoms with Gasteiger partial charge in [0.15, 0.2) is 0 Å². The van der Waals surface area contributed by atoms with Crippen molar-refractivity contribution >= 4 is 11.6 Å². The van der Waals surface area contributed by atoms with E-state index in [1.54, 1.807) is 24.3 Å². The first-order chi connectivity index (χ1) is 9.65. The molecule has 102 valence electrons. The number of aromatic hydroxyl groups is 1. The monoisotopic (exact) mass is 267 g/mol. The van der Waals surface area contributed by atoms with E-state index in [9.17, 15) is 9.90 Å². The number of amides is 1. The van der Waals surface area contributed by atoms with Gasteiger partial charge in [-0.25, -0.2) is 0 Å². The molecule has 3 rings (SSSR count). The highest BCUT2D eigenvalue weighted by atomic mass is 16.3. The van der Waals surface area contributed by atoms with E-state index in [0.717, 1.165) is 17.7 Å². The van der Waals surface area contributed by atoms with Crippen LogP contribution in [0.25, 0.3) is 0 Å². The number of nitrogens with zero attached hydrogens (tertiary/aromatic N) is 1. The summed E-state index contributed by atoms with van der Waals surface area (Å²) < 4.78 is 0. The molecule has 0 bridgehead atoms. The molecule has 1 amide bonds. The molecule has 0 radical (unpaired) electrons. The molecule has 2 aromatic carbocycles. The smallest absolute Gasteiger partial charge is 0.231 e. The number of carbonyl (C=O) groups excluding carboxylic acids is 1. The van der Waals surface area contributed by atoms with E-state index < -0.39 is 0 Å². The molecule has 0 spiro atoms. The van der Waals surface area contributed by atoms with E-state index in [2.05, 4.69) is 13.0 Å². The largest absolute Gasteiger partial charge is 0.508 e. The number of fused-ring (bicyclic) bond motifs is 1.